The third kappa shape index (κ3) is 0.960. The largest absolute Gasteiger partial charge is 0.274 e. The van der Waals surface area contributed by atoms with Gasteiger partial charge in [0.25, 0.3) is 11.2 Å². The summed E-state index contributed by atoms with van der Waals surface area (Å²) in [4.78, 5) is 5.54. The molecule has 0 aliphatic rings. The normalized spacial score (nSPS) is 10.6. The number of aryl methyl sites for hydroxylation is 1. The Balaban J connectivity index is 2.69. The molecule has 0 fully saturated rings. The average Bonchev–Trinajstić information content (AvgIpc) is 2.46. The van der Waals surface area contributed by atoms with Crippen molar-refractivity contribution in [1.29, 1.82) is 0 Å². The van der Waals surface area contributed by atoms with Crippen molar-refractivity contribution in [1.82, 2.24) is 10.1 Å². The molecule has 4 heteroatoms. The van der Waals surface area contributed by atoms with E-state index in [1.54, 1.807) is 6.20 Å². The van der Waals surface area contributed by atoms with Gasteiger partial charge in [-0.05, 0) is 12.1 Å². The molecule has 0 saturated carbocycles. The number of pyridine rings is 1. The van der Waals surface area contributed by atoms with E-state index in [0.29, 0.717) is 5.65 Å². The first-order valence-electron chi connectivity index (χ1n) is 3.52. The van der Waals surface area contributed by atoms with Gasteiger partial charge >= 0.3 is 0 Å². The lowest BCUT2D eigenvalue weighted by Gasteiger charge is -1.73. The Hall–Kier alpha value is -1.45. The fourth-order valence-corrected chi connectivity index (χ4v) is 0.903. The maximum Gasteiger partial charge on any atom is 0.274 e. The summed E-state index contributed by atoms with van der Waals surface area (Å²) in [5.41, 5.74) is 1.39. The van der Waals surface area contributed by atoms with Crippen molar-refractivity contribution < 1.29 is 9.38 Å². The summed E-state index contributed by atoms with van der Waals surface area (Å²) in [6.07, 6.45) is 1.70. The van der Waals surface area contributed by atoms with Crippen molar-refractivity contribution in [2.24, 2.45) is 0 Å². The Bertz CT molecular complexity index is 335. The van der Waals surface area contributed by atoms with Crippen LogP contribution in [0, 0.1) is 0 Å². The summed E-state index contributed by atoms with van der Waals surface area (Å²) in [7, 11) is 0. The van der Waals surface area contributed by atoms with Crippen LogP contribution in [0.25, 0.3) is 11.2 Å². The van der Waals surface area contributed by atoms with E-state index < -0.39 is 0 Å². The molecule has 0 bridgehead atoms. The SMILES string of the molecule is CC[n+]1nc2ncccc2o1. The lowest BCUT2D eigenvalue weighted by molar-refractivity contribution is -0.902. The number of aromatic nitrogens is 3. The molecule has 2 rings (SSSR count). The van der Waals surface area contributed by atoms with Gasteiger partial charge < -0.3 is 0 Å². The minimum Gasteiger partial charge on any atom is -0.228 e. The average molecular weight is 150 g/mol. The third-order valence-electron chi connectivity index (χ3n) is 1.43. The zero-order chi connectivity index (χ0) is 7.68. The highest BCUT2D eigenvalue weighted by molar-refractivity contribution is 5.64. The van der Waals surface area contributed by atoms with Crippen LogP contribution in [0.1, 0.15) is 6.92 Å². The van der Waals surface area contributed by atoms with Gasteiger partial charge in [0.1, 0.15) is 0 Å². The van der Waals surface area contributed by atoms with Crippen LogP contribution in [0.2, 0.25) is 0 Å². The number of hydrogen-bond acceptors (Lipinski definition) is 3. The quantitative estimate of drug-likeness (QED) is 0.557. The summed E-state index contributed by atoms with van der Waals surface area (Å²) >= 11 is 0. The summed E-state index contributed by atoms with van der Waals surface area (Å²) in [6.45, 7) is 2.70. The minimum absolute atomic E-state index is 0.661. The summed E-state index contributed by atoms with van der Waals surface area (Å²) in [5.74, 6) is 0. The van der Waals surface area contributed by atoms with Crippen LogP contribution in [-0.2, 0) is 6.54 Å². The van der Waals surface area contributed by atoms with Crippen LogP contribution in [0.5, 0.6) is 0 Å². The van der Waals surface area contributed by atoms with Gasteiger partial charge in [0.05, 0.1) is 9.95 Å². The maximum atomic E-state index is 5.26. The van der Waals surface area contributed by atoms with Gasteiger partial charge in [-0.15, -0.1) is 0 Å². The second-order valence-corrected chi connectivity index (χ2v) is 2.18. The second-order valence-electron chi connectivity index (χ2n) is 2.18. The Labute approximate surface area is 63.4 Å². The molecule has 0 N–H and O–H groups in total. The molecule has 2 heterocycles. The summed E-state index contributed by atoms with van der Waals surface area (Å²) < 4.78 is 5.26. The first kappa shape index (κ1) is 6.27. The van der Waals surface area contributed by atoms with E-state index in [1.807, 2.05) is 19.1 Å². The van der Waals surface area contributed by atoms with E-state index in [-0.39, 0.29) is 0 Å². The van der Waals surface area contributed by atoms with Gasteiger partial charge in [0, 0.05) is 13.1 Å². The van der Waals surface area contributed by atoms with Crippen LogP contribution in [0.15, 0.2) is 22.9 Å². The van der Waals surface area contributed by atoms with Crippen LogP contribution in [-0.4, -0.2) is 10.1 Å². The summed E-state index contributed by atoms with van der Waals surface area (Å²) in [5, 5.41) is 4.07. The van der Waals surface area contributed by atoms with E-state index >= 15 is 0 Å². The Morgan fingerprint density at radius 3 is 3.27 bits per heavy atom. The zero-order valence-electron chi connectivity index (χ0n) is 6.19. The van der Waals surface area contributed by atoms with Crippen LogP contribution in [0.4, 0.5) is 0 Å². The number of rotatable bonds is 1. The van der Waals surface area contributed by atoms with Gasteiger partial charge in [-0.2, -0.15) is 0 Å². The van der Waals surface area contributed by atoms with Crippen molar-refractivity contribution in [3.8, 4) is 0 Å². The van der Waals surface area contributed by atoms with Crippen molar-refractivity contribution in [2.45, 2.75) is 13.5 Å². The monoisotopic (exact) mass is 150 g/mol. The lowest BCUT2D eigenvalue weighted by Crippen LogP contribution is -2.32. The van der Waals surface area contributed by atoms with E-state index in [1.165, 1.54) is 4.85 Å². The Morgan fingerprint density at radius 1 is 1.64 bits per heavy atom. The third-order valence-corrected chi connectivity index (χ3v) is 1.43. The van der Waals surface area contributed by atoms with Crippen molar-refractivity contribution in [3.63, 3.8) is 0 Å². The molecule has 0 spiro atoms. The van der Waals surface area contributed by atoms with Gasteiger partial charge in [-0.25, -0.2) is 9.51 Å². The molecule has 4 nitrogen and oxygen atoms in total. The lowest BCUT2D eigenvalue weighted by atomic mass is 10.5. The fraction of sp³-hybridized carbons (Fsp3) is 0.286. The van der Waals surface area contributed by atoms with Crippen LogP contribution in [0.3, 0.4) is 0 Å². The van der Waals surface area contributed by atoms with Gasteiger partial charge in [0.2, 0.25) is 6.54 Å². The highest BCUT2D eigenvalue weighted by Gasteiger charge is 2.09. The smallest absolute Gasteiger partial charge is 0.228 e. The molecule has 2 aromatic heterocycles. The molecule has 0 amide bonds. The molecule has 11 heavy (non-hydrogen) atoms. The van der Waals surface area contributed by atoms with E-state index in [4.69, 9.17) is 4.52 Å². The molecular formula is C7H8N3O+. The van der Waals surface area contributed by atoms with Crippen LogP contribution >= 0.6 is 0 Å². The number of nitrogens with zero attached hydrogens (tertiary/aromatic N) is 3. The Morgan fingerprint density at radius 2 is 2.55 bits per heavy atom. The number of hydrogen-bond donors (Lipinski definition) is 0. The molecule has 56 valence electrons. The fourth-order valence-electron chi connectivity index (χ4n) is 0.903. The Kier molecular flexibility index (Phi) is 1.31. The molecule has 0 saturated heterocycles. The van der Waals surface area contributed by atoms with E-state index in [9.17, 15) is 0 Å². The molecule has 0 aromatic carbocycles. The van der Waals surface area contributed by atoms with Crippen molar-refractivity contribution in [3.05, 3.63) is 18.3 Å². The van der Waals surface area contributed by atoms with Gasteiger partial charge in [0.15, 0.2) is 0 Å². The van der Waals surface area contributed by atoms with Crippen molar-refractivity contribution in [2.75, 3.05) is 0 Å². The first-order valence-corrected chi connectivity index (χ1v) is 3.52. The van der Waals surface area contributed by atoms with E-state index in [2.05, 4.69) is 10.1 Å². The molecule has 0 atom stereocenters. The maximum absolute atomic E-state index is 5.26. The summed E-state index contributed by atoms with van der Waals surface area (Å²) in [6, 6.07) is 3.68. The minimum atomic E-state index is 0.661. The predicted octanol–water partition coefficient (Wildman–Crippen LogP) is 0.530. The highest BCUT2D eigenvalue weighted by atomic mass is 16.5. The molecule has 0 unspecified atom stereocenters. The molecule has 0 aliphatic heterocycles. The standard InChI is InChI=1S/C7H8N3O/c1-2-10-9-7-6(11-10)4-3-5-8-7/h3-5H,2H2,1H3/q+1. The van der Waals surface area contributed by atoms with E-state index in [0.717, 1.165) is 12.1 Å². The highest BCUT2D eigenvalue weighted by Crippen LogP contribution is 2.02. The zero-order valence-corrected chi connectivity index (χ0v) is 6.19. The number of fused-ring (bicyclic) bond motifs is 1. The van der Waals surface area contributed by atoms with Crippen LogP contribution < -0.4 is 4.85 Å². The second kappa shape index (κ2) is 2.30. The predicted molar refractivity (Wildman–Crippen MR) is 37.7 cm³/mol. The molecule has 0 radical (unpaired) electrons. The van der Waals surface area contributed by atoms with Gasteiger partial charge in [-0.1, -0.05) is 0 Å². The molecular weight excluding hydrogens is 142 g/mol. The van der Waals surface area contributed by atoms with Crippen molar-refractivity contribution >= 4 is 11.2 Å². The molecule has 0 aliphatic carbocycles. The topological polar surface area (TPSA) is 42.8 Å². The first-order chi connectivity index (χ1) is 5.40. The van der Waals surface area contributed by atoms with Gasteiger partial charge in [-0.3, -0.25) is 0 Å². The molecule has 2 aromatic rings.